The predicted octanol–water partition coefficient (Wildman–Crippen LogP) is -2.13. The number of hydrogen-bond acceptors (Lipinski definition) is 7. The first-order chi connectivity index (χ1) is 13.9. The zero-order chi connectivity index (χ0) is 23.4. The van der Waals surface area contributed by atoms with Gasteiger partial charge in [0.05, 0.1) is 19.0 Å². The Morgan fingerprint density at radius 3 is 2.00 bits per heavy atom. The van der Waals surface area contributed by atoms with Gasteiger partial charge in [-0.1, -0.05) is 20.3 Å². The third kappa shape index (κ3) is 10.4. The van der Waals surface area contributed by atoms with Gasteiger partial charge in [0, 0.05) is 6.42 Å². The first kappa shape index (κ1) is 26.8. The summed E-state index contributed by atoms with van der Waals surface area (Å²) in [5.74, 6) is -6.94. The normalized spacial score (nSPS) is 14.5. The van der Waals surface area contributed by atoms with Gasteiger partial charge in [0.25, 0.3) is 0 Å². The molecule has 0 saturated carbocycles. The number of nitrogens with two attached hydrogens (primary N) is 1. The summed E-state index contributed by atoms with van der Waals surface area (Å²) in [7, 11) is 0. The molecule has 8 N–H and O–H groups in total. The Morgan fingerprint density at radius 2 is 1.53 bits per heavy atom. The van der Waals surface area contributed by atoms with Crippen molar-refractivity contribution < 1.29 is 44.1 Å². The minimum Gasteiger partial charge on any atom is -0.481 e. The highest BCUT2D eigenvalue weighted by molar-refractivity contribution is 5.94. The van der Waals surface area contributed by atoms with E-state index < -0.39 is 73.1 Å². The van der Waals surface area contributed by atoms with Crippen molar-refractivity contribution in [1.29, 1.82) is 0 Å². The molecule has 0 heterocycles. The van der Waals surface area contributed by atoms with Crippen LogP contribution in [0.5, 0.6) is 0 Å². The number of carboxylic acid groups (broad SMARTS) is 3. The standard InChI is InChI=1S/C17H28N4O9/c1-3-8(2)14(17(29)30)21-11(22)7-19-16(28)10(6-13(25)26)20-15(27)9(18)4-5-12(23)24/h8-10,14H,3-7,18H2,1-2H3,(H,19,28)(H,20,27)(H,21,22)(H,23,24)(H,25,26)(H,29,30). The van der Waals surface area contributed by atoms with Gasteiger partial charge in [-0.15, -0.1) is 0 Å². The Labute approximate surface area is 172 Å². The van der Waals surface area contributed by atoms with Crippen LogP contribution in [0, 0.1) is 5.92 Å². The molecule has 0 aliphatic heterocycles. The molecule has 0 radical (unpaired) electrons. The fourth-order valence-electron chi connectivity index (χ4n) is 2.27. The van der Waals surface area contributed by atoms with Crippen LogP contribution in [0.15, 0.2) is 0 Å². The van der Waals surface area contributed by atoms with E-state index in [1.54, 1.807) is 13.8 Å². The van der Waals surface area contributed by atoms with Crippen LogP contribution >= 0.6 is 0 Å². The fraction of sp³-hybridized carbons (Fsp3) is 0.647. The van der Waals surface area contributed by atoms with E-state index in [2.05, 4.69) is 16.0 Å². The quantitative estimate of drug-likeness (QED) is 0.158. The molecule has 3 amide bonds. The average Bonchev–Trinajstić information content (AvgIpc) is 2.66. The molecule has 30 heavy (non-hydrogen) atoms. The topological polar surface area (TPSA) is 225 Å². The molecule has 4 atom stereocenters. The van der Waals surface area contributed by atoms with Crippen LogP contribution in [0.3, 0.4) is 0 Å². The summed E-state index contributed by atoms with van der Waals surface area (Å²) in [4.78, 5) is 68.8. The van der Waals surface area contributed by atoms with Crippen molar-refractivity contribution in [2.45, 2.75) is 57.7 Å². The first-order valence-electron chi connectivity index (χ1n) is 9.18. The van der Waals surface area contributed by atoms with Crippen LogP contribution in [0.4, 0.5) is 0 Å². The lowest BCUT2D eigenvalue weighted by atomic mass is 9.99. The summed E-state index contributed by atoms with van der Waals surface area (Å²) in [5.41, 5.74) is 5.52. The number of hydrogen-bond donors (Lipinski definition) is 7. The predicted molar refractivity (Wildman–Crippen MR) is 101 cm³/mol. The van der Waals surface area contributed by atoms with Crippen LogP contribution < -0.4 is 21.7 Å². The lowest BCUT2D eigenvalue weighted by Crippen LogP contribution is -2.54. The van der Waals surface area contributed by atoms with Crippen LogP contribution in [-0.2, 0) is 28.8 Å². The van der Waals surface area contributed by atoms with Crippen molar-refractivity contribution in [2.24, 2.45) is 11.7 Å². The molecule has 170 valence electrons. The number of nitrogens with one attached hydrogen (secondary N) is 3. The zero-order valence-electron chi connectivity index (χ0n) is 16.7. The van der Waals surface area contributed by atoms with Gasteiger partial charge in [-0.2, -0.15) is 0 Å². The third-order valence-electron chi connectivity index (χ3n) is 4.24. The molecule has 0 bridgehead atoms. The Balaban J connectivity index is 4.89. The second-order valence-corrected chi connectivity index (χ2v) is 6.68. The summed E-state index contributed by atoms with van der Waals surface area (Å²) >= 11 is 0. The van der Waals surface area contributed by atoms with E-state index in [-0.39, 0.29) is 12.3 Å². The van der Waals surface area contributed by atoms with Gasteiger partial charge in [0.2, 0.25) is 17.7 Å². The maximum Gasteiger partial charge on any atom is 0.326 e. The smallest absolute Gasteiger partial charge is 0.326 e. The number of carbonyl (C=O) groups is 6. The molecule has 0 aliphatic rings. The van der Waals surface area contributed by atoms with E-state index in [0.717, 1.165) is 0 Å². The summed E-state index contributed by atoms with van der Waals surface area (Å²) in [5, 5.41) is 33.2. The second-order valence-electron chi connectivity index (χ2n) is 6.68. The maximum absolute atomic E-state index is 12.2. The molecule has 0 aliphatic carbocycles. The van der Waals surface area contributed by atoms with Gasteiger partial charge in [-0.25, -0.2) is 4.79 Å². The molecular formula is C17H28N4O9. The number of rotatable bonds is 14. The van der Waals surface area contributed by atoms with Crippen molar-refractivity contribution in [3.63, 3.8) is 0 Å². The number of amides is 3. The molecule has 0 saturated heterocycles. The Bertz CT molecular complexity index is 668. The SMILES string of the molecule is CCC(C)C(NC(=O)CNC(=O)C(CC(=O)O)NC(=O)C(N)CCC(=O)O)C(=O)O. The molecule has 0 fully saturated rings. The van der Waals surface area contributed by atoms with Gasteiger partial charge in [-0.3, -0.25) is 24.0 Å². The van der Waals surface area contributed by atoms with E-state index in [1.807, 2.05) is 0 Å². The first-order valence-corrected chi connectivity index (χ1v) is 9.18. The van der Waals surface area contributed by atoms with E-state index in [0.29, 0.717) is 6.42 Å². The van der Waals surface area contributed by atoms with Crippen molar-refractivity contribution in [1.82, 2.24) is 16.0 Å². The Morgan fingerprint density at radius 1 is 0.933 bits per heavy atom. The minimum atomic E-state index is -1.57. The molecule has 4 unspecified atom stereocenters. The highest BCUT2D eigenvalue weighted by atomic mass is 16.4. The van der Waals surface area contributed by atoms with Crippen LogP contribution in [-0.4, -0.2) is 75.6 Å². The lowest BCUT2D eigenvalue weighted by Gasteiger charge is -2.21. The number of aliphatic carboxylic acids is 3. The van der Waals surface area contributed by atoms with Gasteiger partial charge < -0.3 is 37.0 Å². The number of carboxylic acids is 3. The Kier molecular flexibility index (Phi) is 11.7. The summed E-state index contributed by atoms with van der Waals surface area (Å²) in [6.07, 6.45) is -0.948. The zero-order valence-corrected chi connectivity index (χ0v) is 16.7. The molecule has 0 aromatic carbocycles. The molecule has 13 heteroatoms. The molecule has 13 nitrogen and oxygen atoms in total. The Hall–Kier alpha value is -3.22. The summed E-state index contributed by atoms with van der Waals surface area (Å²) in [6.45, 7) is 2.73. The van der Waals surface area contributed by atoms with E-state index in [1.165, 1.54) is 0 Å². The fourth-order valence-corrected chi connectivity index (χ4v) is 2.27. The van der Waals surface area contributed by atoms with Gasteiger partial charge in [0.1, 0.15) is 12.1 Å². The van der Waals surface area contributed by atoms with Gasteiger partial charge in [-0.05, 0) is 12.3 Å². The van der Waals surface area contributed by atoms with Crippen molar-refractivity contribution >= 4 is 35.6 Å². The molecule has 0 aromatic rings. The maximum atomic E-state index is 12.2. The molecule has 0 rings (SSSR count). The third-order valence-corrected chi connectivity index (χ3v) is 4.24. The van der Waals surface area contributed by atoms with Crippen molar-refractivity contribution in [2.75, 3.05) is 6.54 Å². The largest absolute Gasteiger partial charge is 0.481 e. The highest BCUT2D eigenvalue weighted by Gasteiger charge is 2.28. The average molecular weight is 432 g/mol. The molecular weight excluding hydrogens is 404 g/mol. The van der Waals surface area contributed by atoms with Crippen molar-refractivity contribution in [3.8, 4) is 0 Å². The summed E-state index contributed by atoms with van der Waals surface area (Å²) < 4.78 is 0. The van der Waals surface area contributed by atoms with Crippen LogP contribution in [0.2, 0.25) is 0 Å². The highest BCUT2D eigenvalue weighted by Crippen LogP contribution is 2.07. The minimum absolute atomic E-state index is 0.225. The molecule has 0 spiro atoms. The summed E-state index contributed by atoms with van der Waals surface area (Å²) in [6, 6.07) is -4.01. The molecule has 0 aromatic heterocycles. The van der Waals surface area contributed by atoms with E-state index in [9.17, 15) is 28.8 Å². The van der Waals surface area contributed by atoms with Crippen LogP contribution in [0.1, 0.15) is 39.5 Å². The van der Waals surface area contributed by atoms with Gasteiger partial charge >= 0.3 is 17.9 Å². The van der Waals surface area contributed by atoms with E-state index in [4.69, 9.17) is 21.1 Å². The van der Waals surface area contributed by atoms with Crippen LogP contribution in [0.25, 0.3) is 0 Å². The number of carbonyl (C=O) groups excluding carboxylic acids is 3. The lowest BCUT2D eigenvalue weighted by molar-refractivity contribution is -0.143. The monoisotopic (exact) mass is 432 g/mol. The van der Waals surface area contributed by atoms with E-state index >= 15 is 0 Å². The van der Waals surface area contributed by atoms with Gasteiger partial charge in [0.15, 0.2) is 0 Å². The van der Waals surface area contributed by atoms with Crippen molar-refractivity contribution in [3.05, 3.63) is 0 Å². The second kappa shape index (κ2) is 13.1.